The minimum Gasteiger partial charge on any atom is -0.325 e. The monoisotopic (exact) mass is 472 g/mol. The summed E-state index contributed by atoms with van der Waals surface area (Å²) in [5, 5.41) is 25.4. The molecular formula is C21H21BrN4O2S. The summed E-state index contributed by atoms with van der Waals surface area (Å²) in [4.78, 5) is 25.0. The Morgan fingerprint density at radius 3 is 2.55 bits per heavy atom. The molecule has 8 heteroatoms. The molecule has 0 bridgehead atoms. The predicted molar refractivity (Wildman–Crippen MR) is 115 cm³/mol. The summed E-state index contributed by atoms with van der Waals surface area (Å²) in [6.07, 6.45) is 3.02. The summed E-state index contributed by atoms with van der Waals surface area (Å²) in [5.41, 5.74) is 0.364. The number of benzene rings is 1. The van der Waals surface area contributed by atoms with Crippen molar-refractivity contribution in [2.45, 2.75) is 32.6 Å². The molecule has 1 aromatic carbocycles. The first-order valence-corrected chi connectivity index (χ1v) is 11.2. The van der Waals surface area contributed by atoms with E-state index < -0.39 is 11.3 Å². The van der Waals surface area contributed by atoms with Crippen LogP contribution in [0.4, 0.5) is 5.69 Å². The summed E-state index contributed by atoms with van der Waals surface area (Å²) in [5.74, 6) is -0.911. The molecular weight excluding hydrogens is 452 g/mol. The topological polar surface area (TPSA) is 106 Å². The van der Waals surface area contributed by atoms with Crippen LogP contribution < -0.4 is 10.6 Å². The second kappa shape index (κ2) is 9.02. The fourth-order valence-electron chi connectivity index (χ4n) is 4.00. The molecule has 0 radical (unpaired) electrons. The Balaban J connectivity index is 1.79. The second-order valence-electron chi connectivity index (χ2n) is 7.55. The van der Waals surface area contributed by atoms with Gasteiger partial charge in [-0.3, -0.25) is 9.59 Å². The van der Waals surface area contributed by atoms with Crippen molar-refractivity contribution in [1.29, 1.82) is 10.5 Å². The zero-order valence-electron chi connectivity index (χ0n) is 16.0. The van der Waals surface area contributed by atoms with Gasteiger partial charge in [-0.05, 0) is 55.9 Å². The molecule has 0 saturated heterocycles. The zero-order valence-corrected chi connectivity index (χ0v) is 18.4. The van der Waals surface area contributed by atoms with Gasteiger partial charge in [0.2, 0.25) is 11.8 Å². The maximum Gasteiger partial charge on any atom is 0.243 e. The molecule has 0 aromatic heterocycles. The molecule has 2 N–H and O–H groups in total. The van der Waals surface area contributed by atoms with Gasteiger partial charge in [0.1, 0.15) is 5.92 Å². The number of amides is 2. The minimum absolute atomic E-state index is 0.0561. The average molecular weight is 473 g/mol. The lowest BCUT2D eigenvalue weighted by molar-refractivity contribution is -0.127. The van der Waals surface area contributed by atoms with Crippen LogP contribution in [0.1, 0.15) is 32.6 Å². The molecule has 1 fully saturated rings. The molecule has 2 aliphatic rings. The van der Waals surface area contributed by atoms with Gasteiger partial charge in [-0.1, -0.05) is 34.6 Å². The van der Waals surface area contributed by atoms with E-state index in [1.807, 2.05) is 12.1 Å². The summed E-state index contributed by atoms with van der Waals surface area (Å²) < 4.78 is 0.915. The van der Waals surface area contributed by atoms with Gasteiger partial charge in [-0.25, -0.2) is 0 Å². The third-order valence-electron chi connectivity index (χ3n) is 5.66. The highest BCUT2D eigenvalue weighted by molar-refractivity contribution is 9.10. The number of hydrogen-bond acceptors (Lipinski definition) is 5. The van der Waals surface area contributed by atoms with Crippen LogP contribution in [0.15, 0.2) is 39.3 Å². The predicted octanol–water partition coefficient (Wildman–Crippen LogP) is 4.32. The fraction of sp³-hybridized carbons (Fsp3) is 0.429. The highest BCUT2D eigenvalue weighted by atomic mass is 79.9. The molecule has 2 amide bonds. The molecule has 1 aliphatic heterocycles. The number of rotatable bonds is 4. The summed E-state index contributed by atoms with van der Waals surface area (Å²) in [6.45, 7) is 2.15. The van der Waals surface area contributed by atoms with E-state index in [1.54, 1.807) is 12.1 Å². The number of hydrogen-bond donors (Lipinski definition) is 2. The Morgan fingerprint density at radius 1 is 1.31 bits per heavy atom. The van der Waals surface area contributed by atoms with E-state index in [0.717, 1.165) is 29.1 Å². The van der Waals surface area contributed by atoms with Crippen LogP contribution >= 0.6 is 27.7 Å². The molecule has 3 rings (SSSR count). The van der Waals surface area contributed by atoms with Crippen molar-refractivity contribution in [3.05, 3.63) is 39.3 Å². The van der Waals surface area contributed by atoms with E-state index in [-0.39, 0.29) is 17.6 Å². The van der Waals surface area contributed by atoms with Crippen molar-refractivity contribution < 1.29 is 9.59 Å². The number of nitriles is 2. The summed E-state index contributed by atoms with van der Waals surface area (Å²) in [7, 11) is 0. The van der Waals surface area contributed by atoms with Crippen molar-refractivity contribution in [1.82, 2.24) is 5.32 Å². The normalized spacial score (nSPS) is 26.4. The van der Waals surface area contributed by atoms with Crippen LogP contribution in [-0.2, 0) is 9.59 Å². The molecule has 1 spiro atoms. The Kier molecular flexibility index (Phi) is 6.66. The van der Waals surface area contributed by atoms with E-state index in [4.69, 9.17) is 0 Å². The van der Waals surface area contributed by atoms with Gasteiger partial charge in [-0.2, -0.15) is 10.5 Å². The molecule has 6 nitrogen and oxygen atoms in total. The van der Waals surface area contributed by atoms with E-state index in [9.17, 15) is 20.1 Å². The van der Waals surface area contributed by atoms with Crippen molar-refractivity contribution >= 4 is 45.2 Å². The van der Waals surface area contributed by atoms with E-state index in [2.05, 4.69) is 45.6 Å². The first-order valence-electron chi connectivity index (χ1n) is 9.43. The van der Waals surface area contributed by atoms with Gasteiger partial charge in [-0.15, -0.1) is 0 Å². The Labute approximate surface area is 182 Å². The fourth-order valence-corrected chi connectivity index (χ4v) is 5.18. The maximum atomic E-state index is 12.6. The summed E-state index contributed by atoms with van der Waals surface area (Å²) in [6, 6.07) is 11.6. The Bertz CT molecular complexity index is 921. The number of allylic oxidation sites excluding steroid dienone is 1. The molecule has 29 heavy (non-hydrogen) atoms. The second-order valence-corrected chi connectivity index (χ2v) is 9.45. The number of carbonyl (C=O) groups excluding carboxylic acids is 2. The number of thioether (sulfide) groups is 1. The van der Waals surface area contributed by atoms with E-state index in [1.165, 1.54) is 0 Å². The molecule has 0 unspecified atom stereocenters. The zero-order chi connectivity index (χ0) is 21.0. The van der Waals surface area contributed by atoms with Gasteiger partial charge in [0, 0.05) is 15.6 Å². The van der Waals surface area contributed by atoms with Crippen molar-refractivity contribution in [3.63, 3.8) is 0 Å². The third kappa shape index (κ3) is 4.49. The average Bonchev–Trinajstić information content (AvgIpc) is 2.70. The standard InChI is InChI=1S/C21H21BrN4O2S/c1-13-6-8-21(9-7-13)16(10-23)19(28)26-20(17(21)11-24)29-12-18(27)25-15-4-2-14(22)3-5-15/h2-5,13,16H,6-9,12H2,1H3,(H,25,27)(H,26,28)/t13?,16-,21?/m0/s1. The lowest BCUT2D eigenvalue weighted by atomic mass is 9.59. The van der Waals surface area contributed by atoms with Crippen LogP contribution in [0.5, 0.6) is 0 Å². The smallest absolute Gasteiger partial charge is 0.243 e. The number of nitrogens with zero attached hydrogens (tertiary/aromatic N) is 2. The first kappa shape index (κ1) is 21.4. The highest BCUT2D eigenvalue weighted by Crippen LogP contribution is 2.53. The maximum absolute atomic E-state index is 12.6. The minimum atomic E-state index is -0.870. The molecule has 1 aliphatic carbocycles. The molecule has 1 heterocycles. The molecule has 1 aromatic rings. The highest BCUT2D eigenvalue weighted by Gasteiger charge is 2.52. The van der Waals surface area contributed by atoms with Gasteiger partial charge in [0.05, 0.1) is 28.5 Å². The Hall–Kier alpha value is -2.29. The third-order valence-corrected chi connectivity index (χ3v) is 7.19. The van der Waals surface area contributed by atoms with Crippen molar-refractivity contribution in [2.24, 2.45) is 17.3 Å². The largest absolute Gasteiger partial charge is 0.325 e. The van der Waals surface area contributed by atoms with Gasteiger partial charge in [0.25, 0.3) is 0 Å². The van der Waals surface area contributed by atoms with Crippen LogP contribution in [0.2, 0.25) is 0 Å². The van der Waals surface area contributed by atoms with Crippen LogP contribution in [0.3, 0.4) is 0 Å². The number of nitrogens with one attached hydrogen (secondary N) is 2. The lowest BCUT2D eigenvalue weighted by Gasteiger charge is -2.44. The van der Waals surface area contributed by atoms with Crippen LogP contribution in [0, 0.1) is 39.9 Å². The number of anilines is 1. The molecule has 1 atom stereocenters. The Morgan fingerprint density at radius 2 is 1.97 bits per heavy atom. The van der Waals surface area contributed by atoms with Crippen LogP contribution in [0.25, 0.3) is 0 Å². The van der Waals surface area contributed by atoms with Crippen molar-refractivity contribution in [2.75, 3.05) is 11.1 Å². The van der Waals surface area contributed by atoms with Crippen molar-refractivity contribution in [3.8, 4) is 12.1 Å². The first-order chi connectivity index (χ1) is 13.9. The van der Waals surface area contributed by atoms with Gasteiger partial charge in [0.15, 0.2) is 0 Å². The number of halogens is 1. The van der Waals surface area contributed by atoms with Gasteiger partial charge >= 0.3 is 0 Å². The van der Waals surface area contributed by atoms with E-state index in [0.29, 0.717) is 35.0 Å². The SMILES string of the molecule is CC1CCC2(CC1)C(C#N)=C(SCC(=O)Nc1ccc(Br)cc1)NC(=O)[C@@H]2C#N. The summed E-state index contributed by atoms with van der Waals surface area (Å²) >= 11 is 4.49. The van der Waals surface area contributed by atoms with Crippen LogP contribution in [-0.4, -0.2) is 17.6 Å². The van der Waals surface area contributed by atoms with Gasteiger partial charge < -0.3 is 10.6 Å². The lowest BCUT2D eigenvalue weighted by Crippen LogP contribution is -2.49. The molecule has 1 saturated carbocycles. The molecule has 150 valence electrons. The number of carbonyl (C=O) groups is 2. The van der Waals surface area contributed by atoms with E-state index >= 15 is 0 Å². The quantitative estimate of drug-likeness (QED) is 0.678.